The number of hydrogen-bond acceptors (Lipinski definition) is 6. The molecule has 0 saturated heterocycles. The van der Waals surface area contributed by atoms with Crippen LogP contribution in [0.15, 0.2) is 40.1 Å². The van der Waals surface area contributed by atoms with E-state index in [0.29, 0.717) is 5.82 Å². The van der Waals surface area contributed by atoms with Crippen molar-refractivity contribution >= 4 is 17.7 Å². The average molecular weight is 280 g/mol. The van der Waals surface area contributed by atoms with Crippen LogP contribution in [0.4, 0.5) is 0 Å². The number of hydrogen-bond donors (Lipinski definition) is 1. The zero-order valence-corrected chi connectivity index (χ0v) is 11.0. The van der Waals surface area contributed by atoms with Gasteiger partial charge >= 0.3 is 5.97 Å². The number of carboxylic acids is 1. The van der Waals surface area contributed by atoms with Gasteiger partial charge in [-0.15, -0.1) is 0 Å². The van der Waals surface area contributed by atoms with Gasteiger partial charge in [-0.05, 0) is 5.56 Å². The molecule has 0 radical (unpaired) electrons. The van der Waals surface area contributed by atoms with E-state index in [4.69, 9.17) is 14.4 Å². The maximum absolute atomic E-state index is 10.5. The number of carboxylic acid groups (broad SMARTS) is 1. The molecule has 2 aromatic rings. The molecule has 0 aliphatic heterocycles. The first-order valence-corrected chi connectivity index (χ1v) is 6.45. The number of carbonyl (C=O) groups is 1. The van der Waals surface area contributed by atoms with Crippen molar-refractivity contribution in [1.82, 2.24) is 10.1 Å². The molecule has 100 valence electrons. The van der Waals surface area contributed by atoms with E-state index in [1.165, 1.54) is 0 Å². The number of benzene rings is 1. The van der Waals surface area contributed by atoms with Crippen LogP contribution in [0, 0.1) is 0 Å². The molecule has 0 bridgehead atoms. The molecule has 19 heavy (non-hydrogen) atoms. The van der Waals surface area contributed by atoms with Crippen molar-refractivity contribution in [2.24, 2.45) is 0 Å². The number of ether oxygens (including phenoxy) is 1. The minimum atomic E-state index is -0.934. The molecule has 1 heterocycles. The van der Waals surface area contributed by atoms with Crippen molar-refractivity contribution in [3.05, 3.63) is 41.7 Å². The van der Waals surface area contributed by atoms with E-state index in [2.05, 4.69) is 10.1 Å². The van der Waals surface area contributed by atoms with Gasteiger partial charge in [-0.2, -0.15) is 4.98 Å². The summed E-state index contributed by atoms with van der Waals surface area (Å²) < 4.78 is 10.3. The lowest BCUT2D eigenvalue weighted by molar-refractivity contribution is -0.133. The van der Waals surface area contributed by atoms with E-state index in [1.54, 1.807) is 7.11 Å². The Balaban J connectivity index is 2.14. The second-order valence-electron chi connectivity index (χ2n) is 3.63. The average Bonchev–Trinajstić information content (AvgIpc) is 2.87. The van der Waals surface area contributed by atoms with Crippen molar-refractivity contribution in [1.29, 1.82) is 0 Å². The Kier molecular flexibility index (Phi) is 4.53. The Morgan fingerprint density at radius 2 is 2.21 bits per heavy atom. The standard InChI is InChI=1S/C12H12N2O4S/c1-17-10(8-5-3-2-4-6-8)11-13-12(18-14-11)19-7-9(15)16/h2-6,10H,7H2,1H3,(H,15,16). The van der Waals surface area contributed by atoms with E-state index in [1.807, 2.05) is 30.3 Å². The van der Waals surface area contributed by atoms with Gasteiger partial charge in [0.15, 0.2) is 0 Å². The lowest BCUT2D eigenvalue weighted by Gasteiger charge is -2.10. The lowest BCUT2D eigenvalue weighted by atomic mass is 10.1. The van der Waals surface area contributed by atoms with Crippen LogP contribution in [0.2, 0.25) is 0 Å². The van der Waals surface area contributed by atoms with Crippen LogP contribution >= 0.6 is 11.8 Å². The van der Waals surface area contributed by atoms with Gasteiger partial charge in [-0.25, -0.2) is 0 Å². The monoisotopic (exact) mass is 280 g/mol. The van der Waals surface area contributed by atoms with Crippen molar-refractivity contribution in [2.75, 3.05) is 12.9 Å². The van der Waals surface area contributed by atoms with E-state index in [9.17, 15) is 4.79 Å². The molecule has 1 aromatic heterocycles. The number of aromatic nitrogens is 2. The third-order valence-corrected chi connectivity index (χ3v) is 3.12. The van der Waals surface area contributed by atoms with Crippen molar-refractivity contribution in [3.63, 3.8) is 0 Å². The maximum Gasteiger partial charge on any atom is 0.314 e. The molecule has 1 atom stereocenters. The van der Waals surface area contributed by atoms with Gasteiger partial charge in [0.2, 0.25) is 5.82 Å². The number of methoxy groups -OCH3 is 1. The van der Waals surface area contributed by atoms with Crippen LogP contribution in [-0.2, 0) is 9.53 Å². The van der Waals surface area contributed by atoms with E-state index < -0.39 is 12.1 Å². The first-order valence-electron chi connectivity index (χ1n) is 5.46. The highest BCUT2D eigenvalue weighted by Gasteiger charge is 2.20. The van der Waals surface area contributed by atoms with Crippen molar-refractivity contribution in [3.8, 4) is 0 Å². The highest BCUT2D eigenvalue weighted by Crippen LogP contribution is 2.25. The Morgan fingerprint density at radius 1 is 1.47 bits per heavy atom. The summed E-state index contributed by atoms with van der Waals surface area (Å²) in [4.78, 5) is 14.6. The fourth-order valence-electron chi connectivity index (χ4n) is 1.53. The molecule has 0 fully saturated rings. The minimum absolute atomic E-state index is 0.120. The van der Waals surface area contributed by atoms with Crippen molar-refractivity contribution < 1.29 is 19.2 Å². The van der Waals surface area contributed by atoms with Crippen LogP contribution in [0.3, 0.4) is 0 Å². The fourth-order valence-corrected chi connectivity index (χ4v) is 2.02. The molecule has 1 unspecified atom stereocenters. The summed E-state index contributed by atoms with van der Waals surface area (Å²) in [7, 11) is 1.55. The minimum Gasteiger partial charge on any atom is -0.481 e. The molecule has 6 nitrogen and oxygen atoms in total. The van der Waals surface area contributed by atoms with Gasteiger partial charge in [-0.1, -0.05) is 47.3 Å². The van der Waals surface area contributed by atoms with Gasteiger partial charge in [0, 0.05) is 7.11 Å². The summed E-state index contributed by atoms with van der Waals surface area (Å²) in [6.07, 6.45) is -0.427. The summed E-state index contributed by atoms with van der Waals surface area (Å²) in [6.45, 7) is 0. The second-order valence-corrected chi connectivity index (χ2v) is 4.55. The molecule has 2 rings (SSSR count). The van der Waals surface area contributed by atoms with E-state index in [0.717, 1.165) is 17.3 Å². The maximum atomic E-state index is 10.5. The molecule has 1 aromatic carbocycles. The van der Waals surface area contributed by atoms with Gasteiger partial charge < -0.3 is 14.4 Å². The molecule has 0 saturated carbocycles. The fraction of sp³-hybridized carbons (Fsp3) is 0.250. The summed E-state index contributed by atoms with van der Waals surface area (Å²) >= 11 is 0.977. The zero-order valence-electron chi connectivity index (χ0n) is 10.1. The van der Waals surface area contributed by atoms with E-state index >= 15 is 0 Å². The molecular weight excluding hydrogens is 268 g/mol. The first kappa shape index (κ1) is 13.6. The predicted molar refractivity (Wildman–Crippen MR) is 68.0 cm³/mol. The number of rotatable bonds is 6. The highest BCUT2D eigenvalue weighted by molar-refractivity contribution is 7.99. The van der Waals surface area contributed by atoms with Crippen LogP contribution in [0.1, 0.15) is 17.5 Å². The van der Waals surface area contributed by atoms with Gasteiger partial charge in [0.25, 0.3) is 5.22 Å². The molecule has 0 amide bonds. The molecule has 7 heteroatoms. The van der Waals surface area contributed by atoms with Crippen molar-refractivity contribution in [2.45, 2.75) is 11.3 Å². The Morgan fingerprint density at radius 3 is 2.84 bits per heavy atom. The summed E-state index contributed by atoms with van der Waals surface area (Å²) in [5, 5.41) is 12.6. The van der Waals surface area contributed by atoms with Crippen LogP contribution < -0.4 is 0 Å². The molecule has 0 aliphatic rings. The third-order valence-electron chi connectivity index (χ3n) is 2.31. The topological polar surface area (TPSA) is 85.5 Å². The Hall–Kier alpha value is -1.86. The number of nitrogens with zero attached hydrogens (tertiary/aromatic N) is 2. The summed E-state index contributed by atoms with van der Waals surface area (Å²) in [5.74, 6) is -0.678. The molecule has 0 aliphatic carbocycles. The largest absolute Gasteiger partial charge is 0.481 e. The van der Waals surface area contributed by atoms with Gasteiger partial charge in [0.1, 0.15) is 11.9 Å². The molecular formula is C12H12N2O4S. The normalized spacial score (nSPS) is 12.3. The number of aliphatic carboxylic acids is 1. The number of thioether (sulfide) groups is 1. The van der Waals surface area contributed by atoms with Crippen LogP contribution in [-0.4, -0.2) is 34.1 Å². The predicted octanol–water partition coefficient (Wildman–Crippen LogP) is 1.98. The first-order chi connectivity index (χ1) is 9.20. The SMILES string of the molecule is COC(c1ccccc1)c1noc(SCC(=O)O)n1. The van der Waals surface area contributed by atoms with Gasteiger partial charge in [0.05, 0.1) is 0 Å². The third kappa shape index (κ3) is 3.55. The quantitative estimate of drug-likeness (QED) is 0.810. The zero-order chi connectivity index (χ0) is 13.7. The smallest absolute Gasteiger partial charge is 0.314 e. The second kappa shape index (κ2) is 6.35. The Bertz CT molecular complexity index is 544. The van der Waals surface area contributed by atoms with Crippen LogP contribution in [0.5, 0.6) is 0 Å². The van der Waals surface area contributed by atoms with Crippen LogP contribution in [0.25, 0.3) is 0 Å². The van der Waals surface area contributed by atoms with E-state index in [-0.39, 0.29) is 11.0 Å². The highest BCUT2D eigenvalue weighted by atomic mass is 32.2. The summed E-state index contributed by atoms with van der Waals surface area (Å²) in [5.41, 5.74) is 0.903. The molecule has 0 spiro atoms. The Labute approximate surface area is 113 Å². The summed E-state index contributed by atoms with van der Waals surface area (Å²) in [6, 6.07) is 9.48. The lowest BCUT2D eigenvalue weighted by Crippen LogP contribution is -2.05. The van der Waals surface area contributed by atoms with Gasteiger partial charge in [-0.3, -0.25) is 4.79 Å². The molecule has 1 N–H and O–H groups in total.